The number of hydrogen-bond acceptors (Lipinski definition) is 4. The average molecular weight is 323 g/mol. The third-order valence-electron chi connectivity index (χ3n) is 3.25. The predicted molar refractivity (Wildman–Crippen MR) is 77.5 cm³/mol. The van der Waals surface area contributed by atoms with Crippen molar-refractivity contribution in [2.45, 2.75) is 23.7 Å². The highest BCUT2D eigenvalue weighted by Gasteiger charge is 2.31. The topological polar surface area (TPSA) is 98.6 Å². The van der Waals surface area contributed by atoms with Crippen LogP contribution in [0.25, 0.3) is 0 Å². The van der Waals surface area contributed by atoms with E-state index in [0.717, 1.165) is 12.8 Å². The van der Waals surface area contributed by atoms with Crippen molar-refractivity contribution in [2.24, 2.45) is 0 Å². The molecule has 0 unspecified atom stereocenters. The van der Waals surface area contributed by atoms with Crippen molar-refractivity contribution in [3.8, 4) is 6.07 Å². The van der Waals surface area contributed by atoms with Crippen molar-refractivity contribution < 1.29 is 8.42 Å². The summed E-state index contributed by atoms with van der Waals surface area (Å²) in [4.78, 5) is -0.0495. The molecule has 0 radical (unpaired) electrons. The van der Waals surface area contributed by atoms with E-state index in [9.17, 15) is 13.7 Å². The molecular formula is C13H11ClN4O2S. The second-order valence-electron chi connectivity index (χ2n) is 4.78. The maximum Gasteiger partial charge on any atom is 0.264 e. The van der Waals surface area contributed by atoms with Crippen molar-refractivity contribution in [3.05, 3.63) is 40.5 Å². The maximum atomic E-state index is 12.3. The first-order valence-corrected chi connectivity index (χ1v) is 8.15. The number of H-pyrrole nitrogens is 1. The number of sulfonamides is 1. The highest BCUT2D eigenvalue weighted by atomic mass is 35.5. The second kappa shape index (κ2) is 5.06. The lowest BCUT2D eigenvalue weighted by Crippen LogP contribution is -2.14. The first-order valence-electron chi connectivity index (χ1n) is 6.28. The zero-order valence-corrected chi connectivity index (χ0v) is 12.4. The van der Waals surface area contributed by atoms with Crippen LogP contribution in [0.4, 0.5) is 5.82 Å². The Morgan fingerprint density at radius 2 is 2.10 bits per heavy atom. The zero-order chi connectivity index (χ0) is 15.0. The van der Waals surface area contributed by atoms with Gasteiger partial charge in [-0.15, -0.1) is 0 Å². The third kappa shape index (κ3) is 2.60. The van der Waals surface area contributed by atoms with E-state index in [0.29, 0.717) is 5.69 Å². The number of benzene rings is 1. The molecule has 2 N–H and O–H groups in total. The van der Waals surface area contributed by atoms with Gasteiger partial charge in [-0.1, -0.05) is 23.7 Å². The molecule has 2 aromatic rings. The molecule has 8 heteroatoms. The Labute approximate surface area is 126 Å². The summed E-state index contributed by atoms with van der Waals surface area (Å²) in [6.45, 7) is 0. The average Bonchev–Trinajstić information content (AvgIpc) is 3.21. The summed E-state index contributed by atoms with van der Waals surface area (Å²) in [7, 11) is -3.88. The molecule has 0 amide bonds. The van der Waals surface area contributed by atoms with Crippen LogP contribution in [0, 0.1) is 11.3 Å². The van der Waals surface area contributed by atoms with Crippen LogP contribution in [-0.2, 0) is 10.0 Å². The van der Waals surface area contributed by atoms with E-state index in [4.69, 9.17) is 11.6 Å². The normalized spacial score (nSPS) is 14.7. The van der Waals surface area contributed by atoms with Crippen LogP contribution in [0.2, 0.25) is 5.02 Å². The van der Waals surface area contributed by atoms with Gasteiger partial charge in [-0.3, -0.25) is 9.82 Å². The minimum Gasteiger partial charge on any atom is -0.279 e. The largest absolute Gasteiger partial charge is 0.279 e. The number of rotatable bonds is 4. The van der Waals surface area contributed by atoms with Gasteiger partial charge < -0.3 is 0 Å². The number of anilines is 1. The van der Waals surface area contributed by atoms with Crippen LogP contribution in [0.15, 0.2) is 29.2 Å². The van der Waals surface area contributed by atoms with Crippen LogP contribution >= 0.6 is 11.6 Å². The second-order valence-corrected chi connectivity index (χ2v) is 6.84. The van der Waals surface area contributed by atoms with E-state index < -0.39 is 10.0 Å². The summed E-state index contributed by atoms with van der Waals surface area (Å²) >= 11 is 5.90. The van der Waals surface area contributed by atoms with E-state index in [2.05, 4.69) is 14.9 Å². The number of hydrogen-bond donors (Lipinski definition) is 2. The Balaban J connectivity index is 1.97. The van der Waals surface area contributed by atoms with Crippen molar-refractivity contribution in [1.29, 1.82) is 5.26 Å². The van der Waals surface area contributed by atoms with Gasteiger partial charge in [0.15, 0.2) is 5.82 Å². The molecule has 0 saturated heterocycles. The quantitative estimate of drug-likeness (QED) is 0.903. The van der Waals surface area contributed by atoms with Gasteiger partial charge in [-0.25, -0.2) is 8.42 Å². The van der Waals surface area contributed by atoms with E-state index in [1.807, 2.05) is 6.07 Å². The number of nitriles is 1. The predicted octanol–water partition coefficient (Wildman–Crippen LogP) is 2.61. The Bertz CT molecular complexity index is 834. The van der Waals surface area contributed by atoms with E-state index in [-0.39, 0.29) is 27.2 Å². The Morgan fingerprint density at radius 3 is 2.71 bits per heavy atom. The maximum absolute atomic E-state index is 12.3. The van der Waals surface area contributed by atoms with Crippen LogP contribution < -0.4 is 4.72 Å². The highest BCUT2D eigenvalue weighted by Crippen LogP contribution is 2.42. The summed E-state index contributed by atoms with van der Waals surface area (Å²) < 4.78 is 27.0. The first-order chi connectivity index (χ1) is 10.0. The fraction of sp³-hybridized carbons (Fsp3) is 0.231. The smallest absolute Gasteiger partial charge is 0.264 e. The highest BCUT2D eigenvalue weighted by molar-refractivity contribution is 7.92. The van der Waals surface area contributed by atoms with Gasteiger partial charge in [0.25, 0.3) is 10.0 Å². The van der Waals surface area contributed by atoms with Crippen molar-refractivity contribution in [3.63, 3.8) is 0 Å². The molecule has 1 aliphatic carbocycles. The number of aromatic nitrogens is 2. The van der Waals surface area contributed by atoms with Gasteiger partial charge in [0.05, 0.1) is 10.7 Å². The van der Waals surface area contributed by atoms with E-state index in [1.165, 1.54) is 12.1 Å². The molecule has 1 fully saturated rings. The standard InChI is InChI=1S/C13H11ClN4O2S/c14-10-3-1-2-4-11(10)21(19,20)18-13-9(7-15)12(16-17-13)8-5-6-8/h1-4,8H,5-6H2,(H2,16,17,18). The van der Waals surface area contributed by atoms with Gasteiger partial charge >= 0.3 is 0 Å². The summed E-state index contributed by atoms with van der Waals surface area (Å²) in [6.07, 6.45) is 1.96. The van der Waals surface area contributed by atoms with Crippen LogP contribution in [-0.4, -0.2) is 18.6 Å². The summed E-state index contributed by atoms with van der Waals surface area (Å²) in [5, 5.41) is 16.0. The zero-order valence-electron chi connectivity index (χ0n) is 10.8. The SMILES string of the molecule is N#Cc1c(NS(=O)(=O)c2ccccc2Cl)n[nH]c1C1CC1. The van der Waals surface area contributed by atoms with Crippen LogP contribution in [0.1, 0.15) is 30.0 Å². The lowest BCUT2D eigenvalue weighted by atomic mass is 10.2. The van der Waals surface area contributed by atoms with Crippen LogP contribution in [0.5, 0.6) is 0 Å². The molecule has 1 aromatic carbocycles. The third-order valence-corrected chi connectivity index (χ3v) is 5.09. The van der Waals surface area contributed by atoms with Crippen molar-refractivity contribution in [1.82, 2.24) is 10.2 Å². The fourth-order valence-electron chi connectivity index (χ4n) is 2.05. The molecule has 3 rings (SSSR count). The number of nitrogens with one attached hydrogen (secondary N) is 2. The van der Waals surface area contributed by atoms with Crippen molar-refractivity contribution >= 4 is 27.4 Å². The molecule has 0 atom stereocenters. The molecule has 0 spiro atoms. The molecule has 0 aliphatic heterocycles. The van der Waals surface area contributed by atoms with Gasteiger partial charge in [0, 0.05) is 5.92 Å². The van der Waals surface area contributed by atoms with E-state index in [1.54, 1.807) is 12.1 Å². The molecule has 108 valence electrons. The molecule has 1 aromatic heterocycles. The summed E-state index contributed by atoms with van der Waals surface area (Å²) in [5.74, 6) is 0.282. The minimum atomic E-state index is -3.88. The summed E-state index contributed by atoms with van der Waals surface area (Å²) in [5.41, 5.74) is 0.933. The Kier molecular flexibility index (Phi) is 3.35. The molecule has 0 bridgehead atoms. The molecule has 6 nitrogen and oxygen atoms in total. The monoisotopic (exact) mass is 322 g/mol. The number of halogens is 1. The Morgan fingerprint density at radius 1 is 1.38 bits per heavy atom. The van der Waals surface area contributed by atoms with Crippen LogP contribution in [0.3, 0.4) is 0 Å². The van der Waals surface area contributed by atoms with Gasteiger partial charge in [-0.2, -0.15) is 10.4 Å². The van der Waals surface area contributed by atoms with E-state index >= 15 is 0 Å². The minimum absolute atomic E-state index is 0.0133. The fourth-order valence-corrected chi connectivity index (χ4v) is 3.59. The number of aromatic amines is 1. The lowest BCUT2D eigenvalue weighted by Gasteiger charge is -2.07. The Hall–Kier alpha value is -2.04. The van der Waals surface area contributed by atoms with Crippen molar-refractivity contribution in [2.75, 3.05) is 4.72 Å². The first kappa shape index (κ1) is 13.9. The molecular weight excluding hydrogens is 312 g/mol. The number of nitrogens with zero attached hydrogens (tertiary/aromatic N) is 2. The van der Waals surface area contributed by atoms with Gasteiger partial charge in [-0.05, 0) is 25.0 Å². The lowest BCUT2D eigenvalue weighted by molar-refractivity contribution is 0.601. The van der Waals surface area contributed by atoms with Gasteiger partial charge in [0.1, 0.15) is 16.5 Å². The molecule has 1 aliphatic rings. The molecule has 1 saturated carbocycles. The summed E-state index contributed by atoms with van der Waals surface area (Å²) in [6, 6.07) is 8.10. The van der Waals surface area contributed by atoms with Gasteiger partial charge in [0.2, 0.25) is 0 Å². The molecule has 21 heavy (non-hydrogen) atoms. The molecule has 1 heterocycles.